The molecule has 2 atom stereocenters. The van der Waals surface area contributed by atoms with Gasteiger partial charge < -0.3 is 5.32 Å². The third-order valence-corrected chi connectivity index (χ3v) is 6.79. The molecular formula is C21H30N2O. The minimum absolute atomic E-state index is 0.0699. The number of carbonyl (C=O) groups excluding carboxylic acids is 1. The third-order valence-electron chi connectivity index (χ3n) is 6.79. The van der Waals surface area contributed by atoms with Crippen LogP contribution in [0.3, 0.4) is 0 Å². The van der Waals surface area contributed by atoms with Gasteiger partial charge >= 0.3 is 0 Å². The topological polar surface area (TPSA) is 42.0 Å². The molecule has 1 N–H and O–H groups in total. The zero-order valence-corrected chi connectivity index (χ0v) is 15.1. The number of aromatic nitrogens is 1. The summed E-state index contributed by atoms with van der Waals surface area (Å²) in [6.45, 7) is 5.66. The van der Waals surface area contributed by atoms with E-state index >= 15 is 0 Å². The first-order valence-corrected chi connectivity index (χ1v) is 9.58. The molecular weight excluding hydrogens is 296 g/mol. The van der Waals surface area contributed by atoms with E-state index in [1.54, 1.807) is 0 Å². The van der Waals surface area contributed by atoms with E-state index in [-0.39, 0.29) is 5.41 Å². The van der Waals surface area contributed by atoms with Gasteiger partial charge in [-0.2, -0.15) is 0 Å². The Morgan fingerprint density at radius 3 is 2.42 bits per heavy atom. The Balaban J connectivity index is 1.36. The summed E-state index contributed by atoms with van der Waals surface area (Å²) in [5.74, 6) is 1.12. The molecule has 0 unspecified atom stereocenters. The van der Waals surface area contributed by atoms with Crippen LogP contribution in [-0.2, 0) is 11.2 Å². The van der Waals surface area contributed by atoms with E-state index in [4.69, 9.17) is 0 Å². The van der Waals surface area contributed by atoms with Crippen LogP contribution in [-0.4, -0.2) is 17.4 Å². The van der Waals surface area contributed by atoms with Crippen molar-refractivity contribution in [2.45, 2.75) is 65.2 Å². The maximum absolute atomic E-state index is 13.1. The van der Waals surface area contributed by atoms with E-state index in [2.05, 4.69) is 36.3 Å². The molecule has 4 aliphatic carbocycles. The number of pyridine rings is 1. The van der Waals surface area contributed by atoms with E-state index in [0.29, 0.717) is 16.7 Å². The smallest absolute Gasteiger partial charge is 0.226 e. The molecule has 0 aromatic carbocycles. The first kappa shape index (κ1) is 16.1. The fourth-order valence-corrected chi connectivity index (χ4v) is 6.93. The highest BCUT2D eigenvalue weighted by Crippen LogP contribution is 2.69. The van der Waals surface area contributed by atoms with E-state index in [1.165, 1.54) is 24.8 Å². The molecule has 1 aromatic heterocycles. The lowest BCUT2D eigenvalue weighted by atomic mass is 9.40. The van der Waals surface area contributed by atoms with Crippen molar-refractivity contribution in [3.8, 4) is 0 Å². The number of carbonyl (C=O) groups is 1. The number of nitrogens with one attached hydrogen (secondary N) is 1. The van der Waals surface area contributed by atoms with Crippen molar-refractivity contribution in [1.82, 2.24) is 10.3 Å². The Hall–Kier alpha value is -1.38. The highest BCUT2D eigenvalue weighted by Gasteiger charge is 2.62. The second-order valence-electron chi connectivity index (χ2n) is 9.63. The fraction of sp³-hybridized carbons (Fsp3) is 0.714. The standard InChI is InChI=1S/C21H30N2O/c1-19-10-17-11-20(2,13-19)15-21(12-17,14-19)18(24)23-7-3-4-16-5-8-22-9-6-16/h5-6,8-9,17H,3-4,7,10-15H2,1-2H3,(H,23,24)/t17?,19-,20-,21?/m0/s1. The van der Waals surface area contributed by atoms with Crippen molar-refractivity contribution in [2.24, 2.45) is 22.2 Å². The predicted octanol–water partition coefficient (Wildman–Crippen LogP) is 4.13. The largest absolute Gasteiger partial charge is 0.356 e. The summed E-state index contributed by atoms with van der Waals surface area (Å²) in [7, 11) is 0. The summed E-state index contributed by atoms with van der Waals surface area (Å²) < 4.78 is 0. The van der Waals surface area contributed by atoms with Crippen LogP contribution in [0, 0.1) is 22.2 Å². The highest BCUT2D eigenvalue weighted by molar-refractivity contribution is 5.83. The number of hydrogen-bond donors (Lipinski definition) is 1. The van der Waals surface area contributed by atoms with E-state index in [1.807, 2.05) is 12.4 Å². The summed E-state index contributed by atoms with van der Waals surface area (Å²) in [5.41, 5.74) is 2.04. The minimum atomic E-state index is -0.0699. The monoisotopic (exact) mass is 326 g/mol. The first-order chi connectivity index (χ1) is 11.4. The van der Waals surface area contributed by atoms with Gasteiger partial charge in [0.2, 0.25) is 5.91 Å². The number of aryl methyl sites for hydroxylation is 1. The highest BCUT2D eigenvalue weighted by atomic mass is 16.2. The van der Waals surface area contributed by atoms with Crippen LogP contribution >= 0.6 is 0 Å². The van der Waals surface area contributed by atoms with Gasteiger partial charge in [-0.1, -0.05) is 13.8 Å². The Kier molecular flexibility index (Phi) is 3.74. The van der Waals surface area contributed by atoms with E-state index in [0.717, 1.165) is 44.6 Å². The molecule has 1 amide bonds. The van der Waals surface area contributed by atoms with Crippen LogP contribution < -0.4 is 5.32 Å². The Labute approximate surface area is 145 Å². The van der Waals surface area contributed by atoms with Gasteiger partial charge in [0, 0.05) is 18.9 Å². The van der Waals surface area contributed by atoms with Crippen LogP contribution in [0.2, 0.25) is 0 Å². The van der Waals surface area contributed by atoms with Crippen LogP contribution in [0.25, 0.3) is 0 Å². The number of rotatable bonds is 5. The molecule has 0 spiro atoms. The second-order valence-corrected chi connectivity index (χ2v) is 9.63. The van der Waals surface area contributed by atoms with Gasteiger partial charge in [-0.05, 0) is 85.8 Å². The van der Waals surface area contributed by atoms with Gasteiger partial charge in [0.1, 0.15) is 0 Å². The minimum Gasteiger partial charge on any atom is -0.356 e. The Morgan fingerprint density at radius 2 is 1.79 bits per heavy atom. The van der Waals surface area contributed by atoms with Crippen molar-refractivity contribution in [1.29, 1.82) is 0 Å². The van der Waals surface area contributed by atoms with E-state index < -0.39 is 0 Å². The van der Waals surface area contributed by atoms with Crippen LogP contribution in [0.15, 0.2) is 24.5 Å². The molecule has 0 radical (unpaired) electrons. The molecule has 1 heterocycles. The summed E-state index contributed by atoms with van der Waals surface area (Å²) in [6.07, 6.45) is 13.1. The zero-order valence-electron chi connectivity index (χ0n) is 15.1. The normalized spacial score (nSPS) is 39.8. The average molecular weight is 326 g/mol. The molecule has 4 bridgehead atoms. The Bertz CT molecular complexity index is 608. The summed E-state index contributed by atoms with van der Waals surface area (Å²) in [5, 5.41) is 3.29. The molecule has 130 valence electrons. The predicted molar refractivity (Wildman–Crippen MR) is 95.4 cm³/mol. The molecule has 0 saturated heterocycles. The Morgan fingerprint density at radius 1 is 1.12 bits per heavy atom. The lowest BCUT2D eigenvalue weighted by Crippen LogP contribution is -2.59. The molecule has 4 aliphatic rings. The van der Waals surface area contributed by atoms with Crippen molar-refractivity contribution in [3.05, 3.63) is 30.1 Å². The van der Waals surface area contributed by atoms with Crippen molar-refractivity contribution in [3.63, 3.8) is 0 Å². The van der Waals surface area contributed by atoms with Gasteiger partial charge in [0.25, 0.3) is 0 Å². The van der Waals surface area contributed by atoms with Gasteiger partial charge in [0.15, 0.2) is 0 Å². The average Bonchev–Trinajstić information content (AvgIpc) is 2.49. The second kappa shape index (κ2) is 5.57. The van der Waals surface area contributed by atoms with Crippen LogP contribution in [0.4, 0.5) is 0 Å². The lowest BCUT2D eigenvalue weighted by molar-refractivity contribution is -0.170. The summed E-state index contributed by atoms with van der Waals surface area (Å²) in [4.78, 5) is 17.1. The zero-order chi connectivity index (χ0) is 16.8. The summed E-state index contributed by atoms with van der Waals surface area (Å²) >= 11 is 0. The molecule has 3 nitrogen and oxygen atoms in total. The molecule has 3 heteroatoms. The van der Waals surface area contributed by atoms with Gasteiger partial charge in [-0.15, -0.1) is 0 Å². The van der Waals surface area contributed by atoms with Crippen molar-refractivity contribution >= 4 is 5.91 Å². The fourth-order valence-electron chi connectivity index (χ4n) is 6.93. The molecule has 0 aliphatic heterocycles. The maximum atomic E-state index is 13.1. The van der Waals surface area contributed by atoms with Gasteiger partial charge in [-0.25, -0.2) is 0 Å². The molecule has 4 saturated carbocycles. The van der Waals surface area contributed by atoms with E-state index in [9.17, 15) is 4.79 Å². The van der Waals surface area contributed by atoms with Crippen LogP contribution in [0.5, 0.6) is 0 Å². The molecule has 24 heavy (non-hydrogen) atoms. The third kappa shape index (κ3) is 2.87. The number of amides is 1. The lowest BCUT2D eigenvalue weighted by Gasteiger charge is -2.64. The van der Waals surface area contributed by atoms with Gasteiger partial charge in [0.05, 0.1) is 5.41 Å². The molecule has 4 fully saturated rings. The maximum Gasteiger partial charge on any atom is 0.226 e. The van der Waals surface area contributed by atoms with Crippen molar-refractivity contribution < 1.29 is 4.79 Å². The van der Waals surface area contributed by atoms with Crippen molar-refractivity contribution in [2.75, 3.05) is 6.54 Å². The summed E-state index contributed by atoms with van der Waals surface area (Å²) in [6, 6.07) is 4.12. The number of nitrogens with zero attached hydrogens (tertiary/aromatic N) is 1. The first-order valence-electron chi connectivity index (χ1n) is 9.58. The SMILES string of the molecule is C[C@@]12CC3CC(C(=O)NCCCc4ccncc4)(C1)C[C@@](C)(C3)C2. The molecule has 1 aromatic rings. The number of hydrogen-bond acceptors (Lipinski definition) is 2. The quantitative estimate of drug-likeness (QED) is 0.827. The van der Waals surface area contributed by atoms with Gasteiger partial charge in [-0.3, -0.25) is 9.78 Å². The molecule has 5 rings (SSSR count). The van der Waals surface area contributed by atoms with Crippen LogP contribution in [0.1, 0.15) is 64.4 Å².